The third-order valence-electron chi connectivity index (χ3n) is 6.77. The predicted octanol–water partition coefficient (Wildman–Crippen LogP) is 7.20. The third-order valence-corrected chi connectivity index (χ3v) is 8.89. The molecule has 10 heteroatoms. The summed E-state index contributed by atoms with van der Waals surface area (Å²) in [5, 5.41) is 20.0. The summed E-state index contributed by atoms with van der Waals surface area (Å²) in [7, 11) is 1.53. The highest BCUT2D eigenvalue weighted by Gasteiger charge is 2.45. The van der Waals surface area contributed by atoms with E-state index in [9.17, 15) is 14.7 Å². The molecule has 0 bridgehead atoms. The zero-order chi connectivity index (χ0) is 30.2. The molecular weight excluding hydrogens is 583 g/mol. The summed E-state index contributed by atoms with van der Waals surface area (Å²) in [6, 6.07) is 23.6. The van der Waals surface area contributed by atoms with Crippen LogP contribution in [-0.4, -0.2) is 40.7 Å². The number of aliphatic hydroxyl groups excluding tert-OH is 1. The molecule has 1 N–H and O–H groups in total. The number of thioether (sulfide) groups is 1. The van der Waals surface area contributed by atoms with Crippen molar-refractivity contribution in [3.63, 3.8) is 0 Å². The van der Waals surface area contributed by atoms with Crippen LogP contribution in [0.25, 0.3) is 6.08 Å². The summed E-state index contributed by atoms with van der Waals surface area (Å²) in [6.07, 6.45) is 4.90. The predicted molar refractivity (Wildman–Crippen MR) is 170 cm³/mol. The minimum atomic E-state index is -0.959. The zero-order valence-electron chi connectivity index (χ0n) is 23.8. The summed E-state index contributed by atoms with van der Waals surface area (Å²) in [5.74, 6) is -0.150. The Bertz CT molecular complexity index is 1640. The molecule has 1 aliphatic rings. The maximum absolute atomic E-state index is 13.6. The lowest BCUT2D eigenvalue weighted by Crippen LogP contribution is -2.30. The van der Waals surface area contributed by atoms with Crippen LogP contribution in [0.5, 0.6) is 11.5 Å². The normalized spacial score (nSPS) is 15.0. The highest BCUT2D eigenvalue weighted by molar-refractivity contribution is 8.00. The van der Waals surface area contributed by atoms with Crippen LogP contribution in [0.15, 0.2) is 101 Å². The van der Waals surface area contributed by atoms with Gasteiger partial charge in [-0.15, -0.1) is 10.2 Å². The van der Waals surface area contributed by atoms with Crippen molar-refractivity contribution >= 4 is 46.0 Å². The summed E-state index contributed by atoms with van der Waals surface area (Å²) in [6.45, 7) is 2.61. The second-order valence-electron chi connectivity index (χ2n) is 9.69. The zero-order valence-corrected chi connectivity index (χ0v) is 25.4. The summed E-state index contributed by atoms with van der Waals surface area (Å²) < 4.78 is 12.2. The van der Waals surface area contributed by atoms with Gasteiger partial charge in [0.2, 0.25) is 5.13 Å². The summed E-state index contributed by atoms with van der Waals surface area (Å²) in [5.41, 5.74) is 2.45. The van der Waals surface area contributed by atoms with Gasteiger partial charge >= 0.3 is 0 Å². The number of carbonyl (C=O) groups excluding carboxylic acids is 2. The minimum absolute atomic E-state index is 0.0485. The first-order chi connectivity index (χ1) is 21.0. The van der Waals surface area contributed by atoms with Gasteiger partial charge in [-0.2, -0.15) is 0 Å². The first-order valence-electron chi connectivity index (χ1n) is 13.8. The summed E-state index contributed by atoms with van der Waals surface area (Å²) >= 11 is 2.73. The molecule has 3 aromatic carbocycles. The number of amides is 1. The highest BCUT2D eigenvalue weighted by Crippen LogP contribution is 2.45. The van der Waals surface area contributed by atoms with E-state index in [1.807, 2.05) is 60.7 Å². The van der Waals surface area contributed by atoms with Crippen molar-refractivity contribution in [3.05, 3.63) is 113 Å². The van der Waals surface area contributed by atoms with Crippen LogP contribution in [0.3, 0.4) is 0 Å². The molecule has 0 saturated carbocycles. The molecule has 1 aromatic heterocycles. The van der Waals surface area contributed by atoms with Crippen LogP contribution < -0.4 is 14.4 Å². The average molecular weight is 614 g/mol. The Morgan fingerprint density at radius 3 is 2.51 bits per heavy atom. The van der Waals surface area contributed by atoms with Crippen molar-refractivity contribution < 1.29 is 24.2 Å². The number of aliphatic hydroxyl groups is 1. The monoisotopic (exact) mass is 613 g/mol. The lowest BCUT2D eigenvalue weighted by molar-refractivity contribution is -0.117. The molecule has 0 fully saturated rings. The van der Waals surface area contributed by atoms with E-state index in [2.05, 4.69) is 17.1 Å². The molecule has 1 atom stereocenters. The molecule has 0 spiro atoms. The number of aromatic nitrogens is 2. The molecule has 1 aliphatic heterocycles. The standard InChI is InChI=1S/C33H31N3O5S2/c1-3-4-19-41-26-18-16-24(20-27(26)40-2)29-28(25(37)17-15-22-11-7-5-8-12-22)30(38)31(39)36(29)32-34-35-33(43-32)42-21-23-13-9-6-10-14-23/h5-18,20,29,38H,3-4,19,21H2,1-2H3. The van der Waals surface area contributed by atoms with Gasteiger partial charge in [-0.1, -0.05) is 109 Å². The number of hydrogen-bond acceptors (Lipinski definition) is 9. The van der Waals surface area contributed by atoms with Crippen molar-refractivity contribution in [3.8, 4) is 11.5 Å². The lowest BCUT2D eigenvalue weighted by Gasteiger charge is -2.24. The number of unbranched alkanes of at least 4 members (excludes halogenated alkanes) is 1. The Labute approximate surface area is 258 Å². The molecule has 43 heavy (non-hydrogen) atoms. The van der Waals surface area contributed by atoms with Crippen molar-refractivity contribution in [2.24, 2.45) is 0 Å². The number of nitrogens with zero attached hydrogens (tertiary/aromatic N) is 3. The van der Waals surface area contributed by atoms with Crippen LogP contribution in [0.4, 0.5) is 5.13 Å². The maximum atomic E-state index is 13.6. The van der Waals surface area contributed by atoms with E-state index in [1.54, 1.807) is 24.3 Å². The molecule has 5 rings (SSSR count). The van der Waals surface area contributed by atoms with Crippen molar-refractivity contribution in [1.82, 2.24) is 10.2 Å². The van der Waals surface area contributed by atoms with Gasteiger partial charge in [0.15, 0.2) is 27.4 Å². The fourth-order valence-electron chi connectivity index (χ4n) is 4.57. The molecule has 0 saturated heterocycles. The molecule has 220 valence electrons. The van der Waals surface area contributed by atoms with Gasteiger partial charge in [0.05, 0.1) is 25.3 Å². The first-order valence-corrected chi connectivity index (χ1v) is 15.7. The quantitative estimate of drug-likeness (QED) is 0.0731. The molecule has 4 aromatic rings. The Morgan fingerprint density at radius 2 is 1.79 bits per heavy atom. The van der Waals surface area contributed by atoms with E-state index in [0.717, 1.165) is 24.0 Å². The van der Waals surface area contributed by atoms with Crippen LogP contribution in [0, 0.1) is 0 Å². The topological polar surface area (TPSA) is 102 Å². The fraction of sp³-hybridized carbons (Fsp3) is 0.212. The smallest absolute Gasteiger partial charge is 0.296 e. The van der Waals surface area contributed by atoms with Crippen molar-refractivity contribution in [2.45, 2.75) is 35.9 Å². The van der Waals surface area contributed by atoms with Gasteiger partial charge in [-0.25, -0.2) is 0 Å². The Hall–Kier alpha value is -4.41. The molecular formula is C33H31N3O5S2. The Morgan fingerprint density at radius 1 is 1.05 bits per heavy atom. The molecule has 1 unspecified atom stereocenters. The number of ketones is 1. The number of allylic oxidation sites excluding steroid dienone is 1. The minimum Gasteiger partial charge on any atom is -0.503 e. The number of rotatable bonds is 13. The van der Waals surface area contributed by atoms with E-state index >= 15 is 0 Å². The summed E-state index contributed by atoms with van der Waals surface area (Å²) in [4.78, 5) is 28.5. The van der Waals surface area contributed by atoms with Crippen LogP contribution >= 0.6 is 23.1 Å². The Balaban J connectivity index is 1.50. The van der Waals surface area contributed by atoms with Gasteiger partial charge in [0.1, 0.15) is 0 Å². The fourth-order valence-corrected chi connectivity index (χ4v) is 6.40. The number of anilines is 1. The number of carbonyl (C=O) groups is 2. The molecule has 2 heterocycles. The van der Waals surface area contributed by atoms with E-state index in [1.165, 1.54) is 41.2 Å². The number of ether oxygens (including phenoxy) is 2. The molecule has 8 nitrogen and oxygen atoms in total. The molecule has 0 aliphatic carbocycles. The Kier molecular flexibility index (Phi) is 9.91. The second kappa shape index (κ2) is 14.2. The third kappa shape index (κ3) is 6.98. The van der Waals surface area contributed by atoms with E-state index in [0.29, 0.717) is 33.8 Å². The average Bonchev–Trinajstić information content (AvgIpc) is 3.61. The van der Waals surface area contributed by atoms with E-state index in [4.69, 9.17) is 9.47 Å². The lowest BCUT2D eigenvalue weighted by atomic mass is 9.95. The van der Waals surface area contributed by atoms with Gasteiger partial charge in [0, 0.05) is 5.75 Å². The number of hydrogen-bond donors (Lipinski definition) is 1. The number of methoxy groups -OCH3 is 1. The highest BCUT2D eigenvalue weighted by atomic mass is 32.2. The second-order valence-corrected chi connectivity index (χ2v) is 11.9. The van der Waals surface area contributed by atoms with Crippen molar-refractivity contribution in [1.29, 1.82) is 0 Å². The maximum Gasteiger partial charge on any atom is 0.296 e. The van der Waals surface area contributed by atoms with Crippen molar-refractivity contribution in [2.75, 3.05) is 18.6 Å². The van der Waals surface area contributed by atoms with E-state index < -0.39 is 23.5 Å². The largest absolute Gasteiger partial charge is 0.503 e. The number of benzene rings is 3. The molecule has 0 radical (unpaired) electrons. The van der Waals surface area contributed by atoms with E-state index in [-0.39, 0.29) is 10.7 Å². The van der Waals surface area contributed by atoms with Gasteiger partial charge in [-0.05, 0) is 41.3 Å². The molecule has 1 amide bonds. The SMILES string of the molecule is CCCCOc1ccc(C2C(C(=O)C=Cc3ccccc3)=C(O)C(=O)N2c2nnc(SCc3ccccc3)s2)cc1OC. The van der Waals surface area contributed by atoms with Gasteiger partial charge in [-0.3, -0.25) is 14.5 Å². The van der Waals surface area contributed by atoms with Crippen LogP contribution in [-0.2, 0) is 15.3 Å². The van der Waals surface area contributed by atoms with Gasteiger partial charge in [0.25, 0.3) is 5.91 Å². The van der Waals surface area contributed by atoms with Crippen LogP contribution in [0.1, 0.15) is 42.5 Å². The van der Waals surface area contributed by atoms with Crippen LogP contribution in [0.2, 0.25) is 0 Å². The van der Waals surface area contributed by atoms with Gasteiger partial charge < -0.3 is 14.6 Å². The first kappa shape index (κ1) is 30.1.